The van der Waals surface area contributed by atoms with Crippen LogP contribution < -0.4 is 0 Å². The molecule has 1 aliphatic rings. The molecule has 1 atom stereocenters. The van der Waals surface area contributed by atoms with Crippen LogP contribution in [0.3, 0.4) is 0 Å². The summed E-state index contributed by atoms with van der Waals surface area (Å²) in [6, 6.07) is 0. The van der Waals surface area contributed by atoms with Gasteiger partial charge in [-0.05, 0) is 58.0 Å². The summed E-state index contributed by atoms with van der Waals surface area (Å²) in [4.78, 5) is 2.50. The van der Waals surface area contributed by atoms with Gasteiger partial charge in [0.25, 0.3) is 0 Å². The van der Waals surface area contributed by atoms with Crippen LogP contribution in [-0.4, -0.2) is 24.5 Å². The van der Waals surface area contributed by atoms with Crippen molar-refractivity contribution < 1.29 is 0 Å². The van der Waals surface area contributed by atoms with Crippen molar-refractivity contribution in [3.8, 4) is 0 Å². The van der Waals surface area contributed by atoms with Gasteiger partial charge in [-0.2, -0.15) is 0 Å². The Kier molecular flexibility index (Phi) is 4.64. The molecule has 1 rings (SSSR count). The van der Waals surface area contributed by atoms with Gasteiger partial charge >= 0.3 is 0 Å². The van der Waals surface area contributed by atoms with Crippen LogP contribution in [0.25, 0.3) is 0 Å². The van der Waals surface area contributed by atoms with E-state index in [4.69, 9.17) is 0 Å². The normalized spacial score (nSPS) is 34.4. The topological polar surface area (TPSA) is 3.24 Å². The molecule has 0 spiro atoms. The standard InChI is InChI=1S/C14H29N/c1-6-12(2)11-14(15(4)5)9-7-13(3)8-10-14/h12-13H,6-11H2,1-5H3. The van der Waals surface area contributed by atoms with E-state index in [0.717, 1.165) is 11.8 Å². The summed E-state index contributed by atoms with van der Waals surface area (Å²) in [5.41, 5.74) is 0.516. The van der Waals surface area contributed by atoms with E-state index in [2.05, 4.69) is 39.8 Å². The SMILES string of the molecule is CCC(C)CC1(N(C)C)CCC(C)CC1. The van der Waals surface area contributed by atoms with E-state index in [1.807, 2.05) is 0 Å². The van der Waals surface area contributed by atoms with Gasteiger partial charge in [0.05, 0.1) is 0 Å². The van der Waals surface area contributed by atoms with E-state index < -0.39 is 0 Å². The van der Waals surface area contributed by atoms with Gasteiger partial charge in [-0.25, -0.2) is 0 Å². The van der Waals surface area contributed by atoms with Gasteiger partial charge in [-0.1, -0.05) is 27.2 Å². The number of hydrogen-bond acceptors (Lipinski definition) is 1. The monoisotopic (exact) mass is 211 g/mol. The van der Waals surface area contributed by atoms with Crippen LogP contribution in [0.2, 0.25) is 0 Å². The van der Waals surface area contributed by atoms with Gasteiger partial charge in [-0.15, -0.1) is 0 Å². The first-order valence-corrected chi connectivity index (χ1v) is 6.67. The van der Waals surface area contributed by atoms with Crippen molar-refractivity contribution in [2.75, 3.05) is 14.1 Å². The quantitative estimate of drug-likeness (QED) is 0.681. The summed E-state index contributed by atoms with van der Waals surface area (Å²) < 4.78 is 0. The maximum Gasteiger partial charge on any atom is 0.0206 e. The first-order valence-electron chi connectivity index (χ1n) is 6.67. The molecule has 0 N–H and O–H groups in total. The molecule has 1 nitrogen and oxygen atoms in total. The summed E-state index contributed by atoms with van der Waals surface area (Å²) in [5.74, 6) is 1.83. The molecule has 1 aliphatic carbocycles. The van der Waals surface area contributed by atoms with E-state index in [1.54, 1.807) is 0 Å². The molecule has 0 aliphatic heterocycles. The zero-order valence-electron chi connectivity index (χ0n) is 11.3. The fourth-order valence-corrected chi connectivity index (χ4v) is 2.93. The van der Waals surface area contributed by atoms with Crippen LogP contribution in [-0.2, 0) is 0 Å². The fraction of sp³-hybridized carbons (Fsp3) is 1.00. The molecule has 0 aromatic rings. The summed E-state index contributed by atoms with van der Waals surface area (Å²) in [6.07, 6.45) is 8.38. The van der Waals surface area contributed by atoms with Crippen LogP contribution in [0.1, 0.15) is 59.3 Å². The maximum atomic E-state index is 2.50. The lowest BCUT2D eigenvalue weighted by Crippen LogP contribution is -2.47. The molecule has 90 valence electrons. The molecule has 0 saturated heterocycles. The molecule has 0 aromatic carbocycles. The van der Waals surface area contributed by atoms with E-state index in [-0.39, 0.29) is 0 Å². The smallest absolute Gasteiger partial charge is 0.0206 e. The predicted molar refractivity (Wildman–Crippen MR) is 68.1 cm³/mol. The summed E-state index contributed by atoms with van der Waals surface area (Å²) >= 11 is 0. The number of rotatable bonds is 4. The highest BCUT2D eigenvalue weighted by Crippen LogP contribution is 2.39. The third kappa shape index (κ3) is 3.21. The Hall–Kier alpha value is -0.0400. The highest BCUT2D eigenvalue weighted by atomic mass is 15.1. The lowest BCUT2D eigenvalue weighted by Gasteiger charge is -2.46. The Morgan fingerprint density at radius 3 is 2.20 bits per heavy atom. The summed E-state index contributed by atoms with van der Waals surface area (Å²) in [7, 11) is 4.55. The number of nitrogens with zero attached hydrogens (tertiary/aromatic N) is 1. The Labute approximate surface area is 96.2 Å². The Balaban J connectivity index is 2.63. The lowest BCUT2D eigenvalue weighted by molar-refractivity contribution is 0.0589. The van der Waals surface area contributed by atoms with Gasteiger partial charge in [0, 0.05) is 5.54 Å². The molecule has 1 unspecified atom stereocenters. The fourth-order valence-electron chi connectivity index (χ4n) is 2.93. The van der Waals surface area contributed by atoms with Crippen LogP contribution >= 0.6 is 0 Å². The predicted octanol–water partition coefficient (Wildman–Crippen LogP) is 3.93. The average molecular weight is 211 g/mol. The second-order valence-corrected chi connectivity index (χ2v) is 6.02. The second-order valence-electron chi connectivity index (χ2n) is 6.02. The summed E-state index contributed by atoms with van der Waals surface area (Å²) in [6.45, 7) is 7.13. The van der Waals surface area contributed by atoms with Gasteiger partial charge in [-0.3, -0.25) is 0 Å². The molecule has 0 bridgehead atoms. The third-order valence-electron chi connectivity index (χ3n) is 4.58. The lowest BCUT2D eigenvalue weighted by atomic mass is 9.72. The summed E-state index contributed by atoms with van der Waals surface area (Å²) in [5, 5.41) is 0. The van der Waals surface area contributed by atoms with Gasteiger partial charge < -0.3 is 4.90 Å². The van der Waals surface area contributed by atoms with Crippen molar-refractivity contribution in [2.24, 2.45) is 11.8 Å². The minimum atomic E-state index is 0.516. The van der Waals surface area contributed by atoms with E-state index in [9.17, 15) is 0 Å². The maximum absolute atomic E-state index is 2.50. The molecule has 0 amide bonds. The van der Waals surface area contributed by atoms with Crippen molar-refractivity contribution in [1.82, 2.24) is 4.90 Å². The van der Waals surface area contributed by atoms with E-state index >= 15 is 0 Å². The molecule has 15 heavy (non-hydrogen) atoms. The first kappa shape index (κ1) is 13.0. The van der Waals surface area contributed by atoms with Gasteiger partial charge in [0.2, 0.25) is 0 Å². The first-order chi connectivity index (χ1) is 7.00. The van der Waals surface area contributed by atoms with Crippen molar-refractivity contribution in [2.45, 2.75) is 64.8 Å². The molecule has 1 heteroatoms. The highest BCUT2D eigenvalue weighted by molar-refractivity contribution is 4.93. The molecule has 0 radical (unpaired) electrons. The third-order valence-corrected chi connectivity index (χ3v) is 4.58. The van der Waals surface area contributed by atoms with E-state index in [0.29, 0.717) is 5.54 Å². The van der Waals surface area contributed by atoms with Crippen LogP contribution in [0, 0.1) is 11.8 Å². The van der Waals surface area contributed by atoms with Crippen LogP contribution in [0.4, 0.5) is 0 Å². The number of hydrogen-bond donors (Lipinski definition) is 0. The molecule has 1 fully saturated rings. The minimum absolute atomic E-state index is 0.516. The van der Waals surface area contributed by atoms with Crippen molar-refractivity contribution >= 4 is 0 Å². The molecule has 0 heterocycles. The Morgan fingerprint density at radius 2 is 1.80 bits per heavy atom. The molecular weight excluding hydrogens is 182 g/mol. The average Bonchev–Trinajstić information content (AvgIpc) is 2.21. The molecular formula is C14H29N. The van der Waals surface area contributed by atoms with E-state index in [1.165, 1.54) is 38.5 Å². The Bertz CT molecular complexity index is 178. The highest BCUT2D eigenvalue weighted by Gasteiger charge is 2.36. The van der Waals surface area contributed by atoms with Crippen molar-refractivity contribution in [3.05, 3.63) is 0 Å². The molecule has 1 saturated carbocycles. The largest absolute Gasteiger partial charge is 0.304 e. The minimum Gasteiger partial charge on any atom is -0.304 e. The van der Waals surface area contributed by atoms with Gasteiger partial charge in [0.1, 0.15) is 0 Å². The van der Waals surface area contributed by atoms with Gasteiger partial charge in [0.15, 0.2) is 0 Å². The molecule has 0 aromatic heterocycles. The zero-order chi connectivity index (χ0) is 11.5. The Morgan fingerprint density at radius 1 is 1.27 bits per heavy atom. The zero-order valence-corrected chi connectivity index (χ0v) is 11.3. The van der Waals surface area contributed by atoms with Crippen LogP contribution in [0.15, 0.2) is 0 Å². The van der Waals surface area contributed by atoms with Crippen molar-refractivity contribution in [3.63, 3.8) is 0 Å². The van der Waals surface area contributed by atoms with Crippen molar-refractivity contribution in [1.29, 1.82) is 0 Å². The second kappa shape index (κ2) is 5.34. The van der Waals surface area contributed by atoms with Crippen LogP contribution in [0.5, 0.6) is 0 Å².